The SMILES string of the molecule is CCOC(=O)c1ccccc1N(C)S(=O)(=O)CC. The van der Waals surface area contributed by atoms with Crippen molar-refractivity contribution in [2.45, 2.75) is 13.8 Å². The molecule has 0 aliphatic carbocycles. The Morgan fingerprint density at radius 1 is 1.28 bits per heavy atom. The quantitative estimate of drug-likeness (QED) is 0.764. The summed E-state index contributed by atoms with van der Waals surface area (Å²) in [6, 6.07) is 6.48. The van der Waals surface area contributed by atoms with Gasteiger partial charge in [-0.05, 0) is 26.0 Å². The van der Waals surface area contributed by atoms with Gasteiger partial charge in [0.15, 0.2) is 0 Å². The number of nitrogens with zero attached hydrogens (tertiary/aromatic N) is 1. The van der Waals surface area contributed by atoms with Gasteiger partial charge < -0.3 is 4.74 Å². The fourth-order valence-electron chi connectivity index (χ4n) is 1.47. The summed E-state index contributed by atoms with van der Waals surface area (Å²) in [4.78, 5) is 11.7. The fourth-order valence-corrected chi connectivity index (χ4v) is 2.32. The Hall–Kier alpha value is -1.56. The third kappa shape index (κ3) is 3.01. The Balaban J connectivity index is 3.21. The molecule has 0 radical (unpaired) electrons. The van der Waals surface area contributed by atoms with Gasteiger partial charge in [0, 0.05) is 7.05 Å². The van der Waals surface area contributed by atoms with Crippen LogP contribution in [0.5, 0.6) is 0 Å². The van der Waals surface area contributed by atoms with Gasteiger partial charge in [-0.2, -0.15) is 0 Å². The molecule has 0 spiro atoms. The second kappa shape index (κ2) is 5.86. The van der Waals surface area contributed by atoms with E-state index in [9.17, 15) is 13.2 Å². The van der Waals surface area contributed by atoms with E-state index in [2.05, 4.69) is 0 Å². The van der Waals surface area contributed by atoms with Crippen LogP contribution in [0.3, 0.4) is 0 Å². The summed E-state index contributed by atoms with van der Waals surface area (Å²) in [6.07, 6.45) is 0. The number of carbonyl (C=O) groups excluding carboxylic acids is 1. The molecule has 1 rings (SSSR count). The van der Waals surface area contributed by atoms with Crippen LogP contribution >= 0.6 is 0 Å². The van der Waals surface area contributed by atoms with Crippen LogP contribution in [-0.4, -0.2) is 33.8 Å². The van der Waals surface area contributed by atoms with Crippen molar-refractivity contribution >= 4 is 21.7 Å². The van der Waals surface area contributed by atoms with E-state index >= 15 is 0 Å². The highest BCUT2D eigenvalue weighted by atomic mass is 32.2. The number of anilines is 1. The molecule has 0 saturated carbocycles. The highest BCUT2D eigenvalue weighted by Crippen LogP contribution is 2.22. The average Bonchev–Trinajstić information content (AvgIpc) is 2.38. The van der Waals surface area contributed by atoms with Gasteiger partial charge in [0.2, 0.25) is 10.0 Å². The van der Waals surface area contributed by atoms with E-state index in [1.165, 1.54) is 7.05 Å². The number of ether oxygens (including phenoxy) is 1. The Kier molecular flexibility index (Phi) is 4.72. The van der Waals surface area contributed by atoms with Crippen LogP contribution in [-0.2, 0) is 14.8 Å². The molecule has 18 heavy (non-hydrogen) atoms. The summed E-state index contributed by atoms with van der Waals surface area (Å²) in [5.74, 6) is -0.549. The predicted octanol–water partition coefficient (Wildman–Crippen LogP) is 1.65. The van der Waals surface area contributed by atoms with Gasteiger partial charge in [-0.3, -0.25) is 4.31 Å². The van der Waals surface area contributed by atoms with Gasteiger partial charge in [-0.15, -0.1) is 0 Å². The van der Waals surface area contributed by atoms with Crippen LogP contribution in [0, 0.1) is 0 Å². The third-order valence-corrected chi connectivity index (χ3v) is 4.28. The van der Waals surface area contributed by atoms with E-state index in [-0.39, 0.29) is 17.9 Å². The van der Waals surface area contributed by atoms with E-state index in [4.69, 9.17) is 4.74 Å². The molecule has 0 bridgehead atoms. The monoisotopic (exact) mass is 271 g/mol. The summed E-state index contributed by atoms with van der Waals surface area (Å²) in [5.41, 5.74) is 0.580. The lowest BCUT2D eigenvalue weighted by atomic mass is 10.2. The van der Waals surface area contributed by atoms with Crippen molar-refractivity contribution in [1.29, 1.82) is 0 Å². The summed E-state index contributed by atoms with van der Waals surface area (Å²) in [6.45, 7) is 3.50. The van der Waals surface area contributed by atoms with E-state index < -0.39 is 16.0 Å². The van der Waals surface area contributed by atoms with Crippen molar-refractivity contribution in [1.82, 2.24) is 0 Å². The Morgan fingerprint density at radius 3 is 2.44 bits per heavy atom. The summed E-state index contributed by atoms with van der Waals surface area (Å²) in [7, 11) is -1.97. The Labute approximate surface area is 107 Å². The predicted molar refractivity (Wildman–Crippen MR) is 70.3 cm³/mol. The first kappa shape index (κ1) is 14.5. The van der Waals surface area contributed by atoms with Crippen LogP contribution in [0.1, 0.15) is 24.2 Å². The molecule has 0 aliphatic heterocycles. The van der Waals surface area contributed by atoms with E-state index in [0.29, 0.717) is 5.69 Å². The molecule has 0 aromatic heterocycles. The molecular formula is C12H17NO4S. The van der Waals surface area contributed by atoms with E-state index in [1.807, 2.05) is 0 Å². The minimum absolute atomic E-state index is 0.0271. The minimum atomic E-state index is -3.40. The number of carbonyl (C=O) groups is 1. The maximum absolute atomic E-state index is 11.8. The van der Waals surface area contributed by atoms with Crippen LogP contribution in [0.4, 0.5) is 5.69 Å². The molecule has 0 heterocycles. The number of sulfonamides is 1. The van der Waals surface area contributed by atoms with Crippen LogP contribution < -0.4 is 4.31 Å². The van der Waals surface area contributed by atoms with Crippen molar-refractivity contribution in [3.8, 4) is 0 Å². The lowest BCUT2D eigenvalue weighted by Crippen LogP contribution is -2.29. The van der Waals surface area contributed by atoms with Gasteiger partial charge in [-0.1, -0.05) is 12.1 Å². The number of rotatable bonds is 5. The summed E-state index contributed by atoms with van der Waals surface area (Å²) in [5, 5.41) is 0. The van der Waals surface area contributed by atoms with Crippen LogP contribution in [0.15, 0.2) is 24.3 Å². The topological polar surface area (TPSA) is 63.7 Å². The first-order chi connectivity index (χ1) is 8.44. The van der Waals surface area contributed by atoms with Gasteiger partial charge >= 0.3 is 5.97 Å². The molecular weight excluding hydrogens is 254 g/mol. The molecule has 0 amide bonds. The highest BCUT2D eigenvalue weighted by molar-refractivity contribution is 7.92. The third-order valence-electron chi connectivity index (χ3n) is 2.52. The Morgan fingerprint density at radius 2 is 1.89 bits per heavy atom. The maximum atomic E-state index is 11.8. The van der Waals surface area contributed by atoms with Crippen molar-refractivity contribution in [2.75, 3.05) is 23.7 Å². The first-order valence-corrected chi connectivity index (χ1v) is 7.27. The Bertz CT molecular complexity index is 525. The lowest BCUT2D eigenvalue weighted by Gasteiger charge is -2.20. The number of esters is 1. The van der Waals surface area contributed by atoms with E-state index in [1.54, 1.807) is 38.1 Å². The molecule has 0 saturated heterocycles. The maximum Gasteiger partial charge on any atom is 0.340 e. The molecule has 0 aliphatic rings. The van der Waals surface area contributed by atoms with Gasteiger partial charge in [-0.25, -0.2) is 13.2 Å². The minimum Gasteiger partial charge on any atom is -0.462 e. The van der Waals surface area contributed by atoms with Crippen molar-refractivity contribution in [3.05, 3.63) is 29.8 Å². The van der Waals surface area contributed by atoms with Gasteiger partial charge in [0.25, 0.3) is 0 Å². The second-order valence-electron chi connectivity index (χ2n) is 3.61. The molecule has 100 valence electrons. The van der Waals surface area contributed by atoms with Crippen molar-refractivity contribution in [3.63, 3.8) is 0 Å². The van der Waals surface area contributed by atoms with Crippen molar-refractivity contribution in [2.24, 2.45) is 0 Å². The number of para-hydroxylation sites is 1. The first-order valence-electron chi connectivity index (χ1n) is 5.66. The van der Waals surface area contributed by atoms with Crippen LogP contribution in [0.2, 0.25) is 0 Å². The lowest BCUT2D eigenvalue weighted by molar-refractivity contribution is 0.0527. The normalized spacial score (nSPS) is 11.1. The van der Waals surface area contributed by atoms with Crippen molar-refractivity contribution < 1.29 is 17.9 Å². The summed E-state index contributed by atoms with van der Waals surface area (Å²) >= 11 is 0. The molecule has 0 atom stereocenters. The molecule has 1 aromatic rings. The molecule has 6 heteroatoms. The molecule has 1 aromatic carbocycles. The molecule has 0 unspecified atom stereocenters. The average molecular weight is 271 g/mol. The van der Waals surface area contributed by atoms with Gasteiger partial charge in [0.05, 0.1) is 23.6 Å². The number of benzene rings is 1. The second-order valence-corrected chi connectivity index (χ2v) is 5.89. The molecule has 5 nitrogen and oxygen atoms in total. The zero-order valence-electron chi connectivity index (χ0n) is 10.7. The van der Waals surface area contributed by atoms with Crippen LogP contribution in [0.25, 0.3) is 0 Å². The standard InChI is InChI=1S/C12H17NO4S/c1-4-17-12(14)10-8-6-7-9-11(10)13(3)18(15,16)5-2/h6-9H,4-5H2,1-3H3. The number of hydrogen-bond donors (Lipinski definition) is 0. The van der Waals surface area contributed by atoms with E-state index in [0.717, 1.165) is 4.31 Å². The number of hydrogen-bond acceptors (Lipinski definition) is 4. The zero-order valence-corrected chi connectivity index (χ0v) is 11.5. The fraction of sp³-hybridized carbons (Fsp3) is 0.417. The molecule has 0 fully saturated rings. The largest absolute Gasteiger partial charge is 0.462 e. The zero-order chi connectivity index (χ0) is 13.8. The van der Waals surface area contributed by atoms with Gasteiger partial charge in [0.1, 0.15) is 0 Å². The smallest absolute Gasteiger partial charge is 0.340 e. The summed E-state index contributed by atoms with van der Waals surface area (Å²) < 4.78 is 29.6. The molecule has 0 N–H and O–H groups in total. The highest BCUT2D eigenvalue weighted by Gasteiger charge is 2.21.